The highest BCUT2D eigenvalue weighted by Crippen LogP contribution is 2.33. The van der Waals surface area contributed by atoms with Crippen molar-refractivity contribution in [3.05, 3.63) is 94.2 Å². The molecule has 0 atom stereocenters. The van der Waals surface area contributed by atoms with Gasteiger partial charge in [-0.1, -0.05) is 29.8 Å². The second kappa shape index (κ2) is 8.17. The number of nitrogens with zero attached hydrogens (tertiary/aromatic N) is 2. The molecule has 0 bridgehead atoms. The molecule has 0 N–H and O–H groups in total. The minimum Gasteiger partial charge on any atom is -0.261 e. The van der Waals surface area contributed by atoms with Gasteiger partial charge in [-0.05, 0) is 43.2 Å². The first-order valence-corrected chi connectivity index (χ1v) is 9.95. The molecule has 0 spiro atoms. The Morgan fingerprint density at radius 3 is 2.36 bits per heavy atom. The van der Waals surface area contributed by atoms with Gasteiger partial charge in [-0.25, -0.2) is 13.8 Å². The number of hydrogen-bond donors (Lipinski definition) is 0. The van der Waals surface area contributed by atoms with Crippen molar-refractivity contribution in [3.63, 3.8) is 0 Å². The molecular formula is C22H15ClF2N2S. The van der Waals surface area contributed by atoms with Gasteiger partial charge < -0.3 is 0 Å². The number of halogens is 3. The third-order valence-electron chi connectivity index (χ3n) is 4.47. The Morgan fingerprint density at radius 1 is 0.893 bits per heavy atom. The number of aromatic nitrogens is 2. The van der Waals surface area contributed by atoms with Crippen LogP contribution >= 0.6 is 22.9 Å². The van der Waals surface area contributed by atoms with Crippen LogP contribution in [-0.4, -0.2) is 9.97 Å². The summed E-state index contributed by atoms with van der Waals surface area (Å²) in [6.07, 6.45) is 4.21. The van der Waals surface area contributed by atoms with Crippen LogP contribution in [0.1, 0.15) is 11.3 Å². The third kappa shape index (κ3) is 3.96. The Kier molecular flexibility index (Phi) is 5.46. The molecule has 2 heterocycles. The van der Waals surface area contributed by atoms with E-state index < -0.39 is 11.6 Å². The standard InChI is InChI=1S/C22H15ClF2N2S/c23-19-9-5-14(22-26-10-11-28-22)12-18(19)15-4-6-16(27-13-15)7-8-17-20(24)2-1-3-21(17)25/h1-6,9-13H,7-8H2. The van der Waals surface area contributed by atoms with E-state index in [1.807, 2.05) is 35.7 Å². The van der Waals surface area contributed by atoms with Crippen molar-refractivity contribution in [3.8, 4) is 21.7 Å². The van der Waals surface area contributed by atoms with Crippen LogP contribution in [0.25, 0.3) is 21.7 Å². The van der Waals surface area contributed by atoms with Crippen LogP contribution in [0.3, 0.4) is 0 Å². The summed E-state index contributed by atoms with van der Waals surface area (Å²) in [7, 11) is 0. The normalized spacial score (nSPS) is 11.0. The largest absolute Gasteiger partial charge is 0.261 e. The van der Waals surface area contributed by atoms with Crippen LogP contribution in [0, 0.1) is 11.6 Å². The molecule has 4 rings (SSSR count). The van der Waals surface area contributed by atoms with Crippen molar-refractivity contribution in [1.82, 2.24) is 9.97 Å². The van der Waals surface area contributed by atoms with Crippen molar-refractivity contribution in [2.45, 2.75) is 12.8 Å². The molecule has 4 aromatic rings. The Balaban J connectivity index is 1.54. The fraction of sp³-hybridized carbons (Fsp3) is 0.0909. The molecule has 6 heteroatoms. The Morgan fingerprint density at radius 2 is 1.68 bits per heavy atom. The summed E-state index contributed by atoms with van der Waals surface area (Å²) in [4.78, 5) is 8.78. The quantitative estimate of drug-likeness (QED) is 0.369. The van der Waals surface area contributed by atoms with Crippen molar-refractivity contribution in [1.29, 1.82) is 0 Å². The Labute approximate surface area is 170 Å². The van der Waals surface area contributed by atoms with Crippen LogP contribution in [0.5, 0.6) is 0 Å². The van der Waals surface area contributed by atoms with Crippen LogP contribution < -0.4 is 0 Å². The molecule has 0 saturated heterocycles. The van der Waals surface area contributed by atoms with Gasteiger partial charge in [0.05, 0.1) is 0 Å². The zero-order chi connectivity index (χ0) is 19.5. The van der Waals surface area contributed by atoms with E-state index in [0.717, 1.165) is 27.4 Å². The first-order chi connectivity index (χ1) is 13.6. The van der Waals surface area contributed by atoms with E-state index in [9.17, 15) is 8.78 Å². The lowest BCUT2D eigenvalue weighted by Crippen LogP contribution is -2.00. The van der Waals surface area contributed by atoms with Crippen molar-refractivity contribution in [2.75, 3.05) is 0 Å². The molecule has 0 radical (unpaired) electrons. The molecule has 2 aromatic heterocycles. The molecule has 0 saturated carbocycles. The van der Waals surface area contributed by atoms with Gasteiger partial charge in [-0.15, -0.1) is 11.3 Å². The van der Waals surface area contributed by atoms with Gasteiger partial charge in [0.2, 0.25) is 0 Å². The Hall–Kier alpha value is -2.63. The minimum absolute atomic E-state index is 0.0903. The van der Waals surface area contributed by atoms with E-state index in [0.29, 0.717) is 11.4 Å². The fourth-order valence-corrected chi connectivity index (χ4v) is 3.86. The summed E-state index contributed by atoms with van der Waals surface area (Å²) in [6.45, 7) is 0. The van der Waals surface area contributed by atoms with Crippen LogP contribution in [0.4, 0.5) is 8.78 Å². The maximum atomic E-state index is 13.8. The summed E-state index contributed by atoms with van der Waals surface area (Å²) in [5, 5.41) is 3.48. The average molecular weight is 413 g/mol. The Bertz CT molecular complexity index is 1080. The summed E-state index contributed by atoms with van der Waals surface area (Å²) in [5.41, 5.74) is 3.59. The van der Waals surface area contributed by atoms with Crippen LogP contribution in [0.15, 0.2) is 66.3 Å². The lowest BCUT2D eigenvalue weighted by atomic mass is 10.0. The monoisotopic (exact) mass is 412 g/mol. The van der Waals surface area contributed by atoms with Gasteiger partial charge in [0.1, 0.15) is 16.6 Å². The van der Waals surface area contributed by atoms with Gasteiger partial charge in [-0.2, -0.15) is 0 Å². The molecular weight excluding hydrogens is 398 g/mol. The topological polar surface area (TPSA) is 25.8 Å². The van der Waals surface area contributed by atoms with E-state index in [1.54, 1.807) is 23.7 Å². The maximum absolute atomic E-state index is 13.8. The van der Waals surface area contributed by atoms with Gasteiger partial charge in [0.15, 0.2) is 0 Å². The number of pyridine rings is 1. The summed E-state index contributed by atoms with van der Waals surface area (Å²) >= 11 is 7.94. The molecule has 0 aliphatic rings. The zero-order valence-electron chi connectivity index (χ0n) is 14.7. The predicted molar refractivity (Wildman–Crippen MR) is 110 cm³/mol. The van der Waals surface area contributed by atoms with E-state index in [4.69, 9.17) is 11.6 Å². The van der Waals surface area contributed by atoms with Gasteiger partial charge in [0.25, 0.3) is 0 Å². The SMILES string of the molecule is Fc1cccc(F)c1CCc1ccc(-c2cc(-c3nccs3)ccc2Cl)cn1. The number of thiazole rings is 1. The molecule has 0 unspecified atom stereocenters. The summed E-state index contributed by atoms with van der Waals surface area (Å²) in [6, 6.07) is 13.5. The van der Waals surface area contributed by atoms with Crippen LogP contribution in [-0.2, 0) is 12.8 Å². The zero-order valence-corrected chi connectivity index (χ0v) is 16.3. The van der Waals surface area contributed by atoms with Crippen molar-refractivity contribution >= 4 is 22.9 Å². The first-order valence-electron chi connectivity index (χ1n) is 8.69. The highest BCUT2D eigenvalue weighted by atomic mass is 35.5. The van der Waals surface area contributed by atoms with E-state index in [-0.39, 0.29) is 12.0 Å². The molecule has 0 aliphatic carbocycles. The molecule has 28 heavy (non-hydrogen) atoms. The molecule has 2 aromatic carbocycles. The molecule has 0 amide bonds. The minimum atomic E-state index is -0.526. The molecule has 0 fully saturated rings. The van der Waals surface area contributed by atoms with Crippen molar-refractivity contribution in [2.24, 2.45) is 0 Å². The lowest BCUT2D eigenvalue weighted by Gasteiger charge is -2.08. The molecule has 140 valence electrons. The summed E-state index contributed by atoms with van der Waals surface area (Å²) < 4.78 is 27.5. The fourth-order valence-electron chi connectivity index (χ4n) is 3.00. The lowest BCUT2D eigenvalue weighted by molar-refractivity contribution is 0.554. The predicted octanol–water partition coefficient (Wildman–Crippen LogP) is 6.59. The molecule has 0 aliphatic heterocycles. The highest BCUT2D eigenvalue weighted by molar-refractivity contribution is 7.13. The molecule has 2 nitrogen and oxygen atoms in total. The van der Waals surface area contributed by atoms with Gasteiger partial charge in [0, 0.05) is 50.7 Å². The van der Waals surface area contributed by atoms with E-state index >= 15 is 0 Å². The van der Waals surface area contributed by atoms with E-state index in [1.165, 1.54) is 18.2 Å². The smallest absolute Gasteiger partial charge is 0.129 e. The number of benzene rings is 2. The second-order valence-corrected chi connectivity index (χ2v) is 7.57. The maximum Gasteiger partial charge on any atom is 0.129 e. The van der Waals surface area contributed by atoms with Gasteiger partial charge >= 0.3 is 0 Å². The van der Waals surface area contributed by atoms with Crippen molar-refractivity contribution < 1.29 is 8.78 Å². The summed E-state index contributed by atoms with van der Waals surface area (Å²) in [5.74, 6) is -1.05. The number of aryl methyl sites for hydroxylation is 1. The highest BCUT2D eigenvalue weighted by Gasteiger charge is 2.11. The third-order valence-corrected chi connectivity index (χ3v) is 5.63. The van der Waals surface area contributed by atoms with E-state index in [2.05, 4.69) is 9.97 Å². The van der Waals surface area contributed by atoms with Gasteiger partial charge in [-0.3, -0.25) is 4.98 Å². The average Bonchev–Trinajstić information content (AvgIpc) is 3.23. The first kappa shape index (κ1) is 18.7. The second-order valence-electron chi connectivity index (χ2n) is 6.27. The number of rotatable bonds is 5. The number of hydrogen-bond acceptors (Lipinski definition) is 3. The van der Waals surface area contributed by atoms with Crippen LogP contribution in [0.2, 0.25) is 5.02 Å².